The number of aromatic nitrogens is 2. The van der Waals surface area contributed by atoms with Crippen LogP contribution in [0.2, 0.25) is 5.02 Å². The Morgan fingerprint density at radius 1 is 1.08 bits per heavy atom. The minimum Gasteiger partial charge on any atom is -0.457 e. The van der Waals surface area contributed by atoms with Gasteiger partial charge in [-0.05, 0) is 55.3 Å². The Hall–Kier alpha value is -2.30. The molecule has 0 saturated heterocycles. The molecule has 3 aromatic rings. The molecule has 2 aromatic carbocycles. The molecule has 0 radical (unpaired) electrons. The summed E-state index contributed by atoms with van der Waals surface area (Å²) in [6.45, 7) is 2.52. The third kappa shape index (κ3) is 4.16. The lowest BCUT2D eigenvalue weighted by Crippen LogP contribution is -2.23. The molecular formula is C19H19ClN2O2. The van der Waals surface area contributed by atoms with E-state index in [0.717, 1.165) is 11.3 Å². The van der Waals surface area contributed by atoms with Crippen molar-refractivity contribution < 1.29 is 9.84 Å². The summed E-state index contributed by atoms with van der Waals surface area (Å²) < 4.78 is 7.72. The van der Waals surface area contributed by atoms with Gasteiger partial charge in [0.15, 0.2) is 0 Å². The van der Waals surface area contributed by atoms with Gasteiger partial charge in [0.2, 0.25) is 0 Å². The Morgan fingerprint density at radius 2 is 1.71 bits per heavy atom. The fraction of sp³-hybridized carbons (Fsp3) is 0.211. The van der Waals surface area contributed by atoms with E-state index in [4.69, 9.17) is 16.3 Å². The summed E-state index contributed by atoms with van der Waals surface area (Å²) in [5.41, 5.74) is -0.0608. The Morgan fingerprint density at radius 3 is 2.29 bits per heavy atom. The fourth-order valence-electron chi connectivity index (χ4n) is 2.43. The molecule has 0 bridgehead atoms. The van der Waals surface area contributed by atoms with Crippen molar-refractivity contribution in [2.75, 3.05) is 0 Å². The first-order valence-corrected chi connectivity index (χ1v) is 8.13. The molecular weight excluding hydrogens is 324 g/mol. The first kappa shape index (κ1) is 16.6. The Bertz CT molecular complexity index is 766. The van der Waals surface area contributed by atoms with E-state index in [0.29, 0.717) is 23.7 Å². The van der Waals surface area contributed by atoms with Crippen LogP contribution >= 0.6 is 11.6 Å². The van der Waals surface area contributed by atoms with Gasteiger partial charge in [-0.2, -0.15) is 0 Å². The smallest absolute Gasteiger partial charge is 0.127 e. The van der Waals surface area contributed by atoms with Crippen molar-refractivity contribution in [3.8, 4) is 11.5 Å². The molecule has 1 unspecified atom stereocenters. The van der Waals surface area contributed by atoms with Crippen molar-refractivity contribution in [1.82, 2.24) is 9.55 Å². The normalized spacial score (nSPS) is 13.5. The van der Waals surface area contributed by atoms with Crippen LogP contribution in [0.5, 0.6) is 11.5 Å². The van der Waals surface area contributed by atoms with E-state index >= 15 is 0 Å². The highest BCUT2D eigenvalue weighted by atomic mass is 35.5. The van der Waals surface area contributed by atoms with Gasteiger partial charge >= 0.3 is 0 Å². The van der Waals surface area contributed by atoms with E-state index in [1.165, 1.54) is 0 Å². The molecule has 0 saturated carbocycles. The number of imidazole rings is 1. The first-order valence-electron chi connectivity index (χ1n) is 7.75. The van der Waals surface area contributed by atoms with Crippen LogP contribution in [0.15, 0.2) is 67.3 Å². The van der Waals surface area contributed by atoms with Crippen LogP contribution < -0.4 is 4.74 Å². The minimum atomic E-state index is -0.914. The topological polar surface area (TPSA) is 47.3 Å². The number of hydrogen-bond acceptors (Lipinski definition) is 3. The molecule has 124 valence electrons. The first-order chi connectivity index (χ1) is 11.5. The molecule has 3 rings (SSSR count). The summed E-state index contributed by atoms with van der Waals surface area (Å²) in [7, 11) is 0. The van der Waals surface area contributed by atoms with Gasteiger partial charge in [0.1, 0.15) is 11.5 Å². The lowest BCUT2D eigenvalue weighted by Gasteiger charge is -2.24. The fourth-order valence-corrected chi connectivity index (χ4v) is 2.56. The molecule has 24 heavy (non-hydrogen) atoms. The minimum absolute atomic E-state index is 0.598. The average molecular weight is 343 g/mol. The highest BCUT2D eigenvalue weighted by molar-refractivity contribution is 6.30. The number of nitrogens with zero attached hydrogens (tertiary/aromatic N) is 2. The number of aliphatic hydroxyl groups is 1. The summed E-state index contributed by atoms with van der Waals surface area (Å²) in [5, 5.41) is 11.4. The lowest BCUT2D eigenvalue weighted by molar-refractivity contribution is 0.0430. The van der Waals surface area contributed by atoms with Crippen LogP contribution in [0.1, 0.15) is 18.9 Å². The third-order valence-electron chi connectivity index (χ3n) is 3.94. The maximum atomic E-state index is 10.7. The van der Waals surface area contributed by atoms with Crippen molar-refractivity contribution in [2.45, 2.75) is 25.5 Å². The molecule has 0 aliphatic rings. The van der Waals surface area contributed by atoms with Crippen LogP contribution in [-0.4, -0.2) is 14.7 Å². The van der Waals surface area contributed by atoms with E-state index in [9.17, 15) is 5.11 Å². The molecule has 1 aromatic heterocycles. The molecule has 1 heterocycles. The second kappa shape index (κ2) is 7.07. The second-order valence-electron chi connectivity index (χ2n) is 5.90. The van der Waals surface area contributed by atoms with E-state index in [2.05, 4.69) is 4.98 Å². The number of rotatable bonds is 6. The van der Waals surface area contributed by atoms with Gasteiger partial charge in [-0.25, -0.2) is 4.98 Å². The second-order valence-corrected chi connectivity index (χ2v) is 6.34. The maximum Gasteiger partial charge on any atom is 0.127 e. The van der Waals surface area contributed by atoms with Gasteiger partial charge in [-0.3, -0.25) is 0 Å². The highest BCUT2D eigenvalue weighted by Gasteiger charge is 2.22. The van der Waals surface area contributed by atoms with Crippen molar-refractivity contribution in [3.05, 3.63) is 77.8 Å². The van der Waals surface area contributed by atoms with Gasteiger partial charge < -0.3 is 14.4 Å². The molecule has 1 atom stereocenters. The maximum absolute atomic E-state index is 10.7. The Balaban J connectivity index is 1.65. The molecule has 0 spiro atoms. The number of hydrogen-bond donors (Lipinski definition) is 1. The van der Waals surface area contributed by atoms with E-state index in [1.807, 2.05) is 54.1 Å². The van der Waals surface area contributed by atoms with Gasteiger partial charge in [0, 0.05) is 24.0 Å². The molecule has 1 N–H and O–H groups in total. The lowest BCUT2D eigenvalue weighted by atomic mass is 9.92. The predicted molar refractivity (Wildman–Crippen MR) is 94.4 cm³/mol. The monoisotopic (exact) mass is 342 g/mol. The van der Waals surface area contributed by atoms with Crippen LogP contribution in [0.4, 0.5) is 0 Å². The van der Waals surface area contributed by atoms with Crippen LogP contribution in [0.3, 0.4) is 0 Å². The zero-order chi connectivity index (χ0) is 17.0. The van der Waals surface area contributed by atoms with Crippen LogP contribution in [0, 0.1) is 0 Å². The molecule has 0 aliphatic carbocycles. The summed E-state index contributed by atoms with van der Waals surface area (Å²) in [4.78, 5) is 4.01. The Labute approximate surface area is 146 Å². The molecule has 5 heteroatoms. The standard InChI is InChI=1S/C19H19ClN2O2/c1-19(23,10-12-22-13-11-21-14-22)15-2-6-17(7-3-15)24-18-8-4-16(20)5-9-18/h2-9,11,13-14,23H,10,12H2,1H3. The highest BCUT2D eigenvalue weighted by Crippen LogP contribution is 2.29. The molecule has 0 fully saturated rings. The van der Waals surface area contributed by atoms with Crippen molar-refractivity contribution in [3.63, 3.8) is 0 Å². The number of ether oxygens (including phenoxy) is 1. The number of benzene rings is 2. The Kier molecular flexibility index (Phi) is 4.88. The van der Waals surface area contributed by atoms with Gasteiger partial charge in [0.05, 0.1) is 11.9 Å². The summed E-state index contributed by atoms with van der Waals surface area (Å²) in [5.74, 6) is 1.44. The van der Waals surface area contributed by atoms with Crippen molar-refractivity contribution >= 4 is 11.6 Å². The van der Waals surface area contributed by atoms with E-state index in [1.54, 1.807) is 24.7 Å². The number of aryl methyl sites for hydroxylation is 1. The van der Waals surface area contributed by atoms with Crippen molar-refractivity contribution in [2.24, 2.45) is 0 Å². The average Bonchev–Trinajstić information content (AvgIpc) is 3.09. The van der Waals surface area contributed by atoms with Crippen molar-refractivity contribution in [1.29, 1.82) is 0 Å². The molecule has 4 nitrogen and oxygen atoms in total. The zero-order valence-electron chi connectivity index (χ0n) is 13.4. The van der Waals surface area contributed by atoms with Gasteiger partial charge in [-0.1, -0.05) is 23.7 Å². The van der Waals surface area contributed by atoms with Gasteiger partial charge in [-0.15, -0.1) is 0 Å². The summed E-state index contributed by atoms with van der Waals surface area (Å²) in [6.07, 6.45) is 5.97. The van der Waals surface area contributed by atoms with E-state index in [-0.39, 0.29) is 0 Å². The van der Waals surface area contributed by atoms with Crippen LogP contribution in [-0.2, 0) is 12.1 Å². The van der Waals surface area contributed by atoms with Crippen LogP contribution in [0.25, 0.3) is 0 Å². The largest absolute Gasteiger partial charge is 0.457 e. The van der Waals surface area contributed by atoms with Gasteiger partial charge in [0.25, 0.3) is 0 Å². The molecule has 0 amide bonds. The predicted octanol–water partition coefficient (Wildman–Crippen LogP) is 4.63. The van der Waals surface area contributed by atoms with E-state index < -0.39 is 5.60 Å². The quantitative estimate of drug-likeness (QED) is 0.710. The zero-order valence-corrected chi connectivity index (χ0v) is 14.1. The summed E-state index contributed by atoms with van der Waals surface area (Å²) in [6, 6.07) is 14.7. The third-order valence-corrected chi connectivity index (χ3v) is 4.19. The molecule has 0 aliphatic heterocycles. The SMILES string of the molecule is CC(O)(CCn1ccnc1)c1ccc(Oc2ccc(Cl)cc2)cc1. The number of halogens is 1. The summed E-state index contributed by atoms with van der Waals surface area (Å²) >= 11 is 5.86.